The number of hydrogen-bond acceptors (Lipinski definition) is 10. The fraction of sp³-hybridized carbons (Fsp3) is 0.281. The number of alkyl halides is 3. The summed E-state index contributed by atoms with van der Waals surface area (Å²) in [4.78, 5) is 29.2. The number of sulfonamides is 1. The Morgan fingerprint density at radius 2 is 1.73 bits per heavy atom. The van der Waals surface area contributed by atoms with Crippen LogP contribution >= 0.6 is 0 Å². The Morgan fingerprint density at radius 1 is 1.04 bits per heavy atom. The van der Waals surface area contributed by atoms with Gasteiger partial charge in [0.2, 0.25) is 0 Å². The topological polar surface area (TPSA) is 154 Å². The predicted octanol–water partition coefficient (Wildman–Crippen LogP) is 6.11. The van der Waals surface area contributed by atoms with Crippen LogP contribution in [-0.4, -0.2) is 61.3 Å². The molecule has 3 aromatic carbocycles. The summed E-state index contributed by atoms with van der Waals surface area (Å²) in [6.45, 7) is 4.01. The molecule has 17 heteroatoms. The van der Waals surface area contributed by atoms with Gasteiger partial charge in [-0.2, -0.15) is 18.3 Å². The molecular formula is C32H31F3N6O7S. The molecule has 2 atom stereocenters. The van der Waals surface area contributed by atoms with Gasteiger partial charge in [0.1, 0.15) is 0 Å². The largest absolute Gasteiger partial charge is 0.448 e. The lowest BCUT2D eigenvalue weighted by atomic mass is 10.1. The van der Waals surface area contributed by atoms with E-state index in [0.29, 0.717) is 30.6 Å². The van der Waals surface area contributed by atoms with Gasteiger partial charge in [-0.25, -0.2) is 27.4 Å². The van der Waals surface area contributed by atoms with Gasteiger partial charge in [-0.1, -0.05) is 48.0 Å². The Morgan fingerprint density at radius 3 is 2.41 bits per heavy atom. The van der Waals surface area contributed by atoms with Crippen LogP contribution in [0, 0.1) is 12.8 Å². The Labute approximate surface area is 279 Å². The number of amides is 1. The monoisotopic (exact) mass is 700 g/mol. The summed E-state index contributed by atoms with van der Waals surface area (Å²) in [5, 5.41) is 12.8. The van der Waals surface area contributed by atoms with E-state index in [1.54, 1.807) is 59.6 Å². The second-order valence-electron chi connectivity index (χ2n) is 11.1. The van der Waals surface area contributed by atoms with E-state index in [1.165, 1.54) is 19.1 Å². The average Bonchev–Trinajstić information content (AvgIpc) is 3.72. The zero-order valence-corrected chi connectivity index (χ0v) is 27.0. The molecule has 4 aromatic rings. The lowest BCUT2D eigenvalue weighted by molar-refractivity contribution is -0.141. The van der Waals surface area contributed by atoms with Gasteiger partial charge in [0.15, 0.2) is 5.69 Å². The predicted molar refractivity (Wildman–Crippen MR) is 167 cm³/mol. The number of halogens is 3. The molecule has 1 amide bonds. The smallest absolute Gasteiger partial charge is 0.435 e. The van der Waals surface area contributed by atoms with Gasteiger partial charge < -0.3 is 14.3 Å². The standard InChI is InChI=1S/C32H31F3N6O7S/c1-21-8-10-24(11-9-21)28-18-29(32(33,34)35)36-41(28)26-12-14-27(15-13-26)49(44,45)37-31(43)46-20-23-16-17-40(19-23)38-39-48-22(2)47-30(42)25-6-4-3-5-7-25/h3-15,18,22-23H,16-17,19-20H2,1-2H3,(H,37,43). The molecule has 1 saturated heterocycles. The van der Waals surface area contributed by atoms with Crippen LogP contribution in [0.5, 0.6) is 0 Å². The van der Waals surface area contributed by atoms with Gasteiger partial charge in [0.05, 0.1) is 28.4 Å². The third kappa shape index (κ3) is 9.13. The first-order chi connectivity index (χ1) is 23.3. The van der Waals surface area contributed by atoms with Crippen LogP contribution in [0.4, 0.5) is 18.0 Å². The van der Waals surface area contributed by atoms with Crippen molar-refractivity contribution in [2.24, 2.45) is 16.4 Å². The lowest BCUT2D eigenvalue weighted by Gasteiger charge is -2.13. The van der Waals surface area contributed by atoms with Crippen LogP contribution < -0.4 is 4.72 Å². The zero-order chi connectivity index (χ0) is 35.2. The summed E-state index contributed by atoms with van der Waals surface area (Å²) in [5.41, 5.74) is 0.971. The van der Waals surface area contributed by atoms with Crippen molar-refractivity contribution >= 4 is 22.1 Å². The molecule has 13 nitrogen and oxygen atoms in total. The Balaban J connectivity index is 1.12. The molecular weight excluding hydrogens is 669 g/mol. The molecule has 1 aromatic heterocycles. The number of esters is 1. The summed E-state index contributed by atoms with van der Waals surface area (Å²) >= 11 is 0. The average molecular weight is 701 g/mol. The summed E-state index contributed by atoms with van der Waals surface area (Å²) in [6.07, 6.45) is -6.34. The maximum atomic E-state index is 13.5. The molecule has 1 fully saturated rings. The number of aryl methyl sites for hydroxylation is 1. The number of rotatable bonds is 11. The number of carbonyl (C=O) groups is 2. The lowest BCUT2D eigenvalue weighted by Crippen LogP contribution is -2.32. The van der Waals surface area contributed by atoms with E-state index in [9.17, 15) is 31.2 Å². The van der Waals surface area contributed by atoms with Gasteiger partial charge in [0, 0.05) is 36.8 Å². The van der Waals surface area contributed by atoms with Crippen molar-refractivity contribution in [2.75, 3.05) is 19.7 Å². The molecule has 0 saturated carbocycles. The summed E-state index contributed by atoms with van der Waals surface area (Å²) in [5.74, 6) is -0.762. The van der Waals surface area contributed by atoms with E-state index in [4.69, 9.17) is 14.3 Å². The molecule has 0 aliphatic carbocycles. The molecule has 0 radical (unpaired) electrons. The van der Waals surface area contributed by atoms with Crippen LogP contribution in [0.3, 0.4) is 0 Å². The number of aromatic nitrogens is 2. The zero-order valence-electron chi connectivity index (χ0n) is 26.2. The molecule has 1 N–H and O–H groups in total. The van der Waals surface area contributed by atoms with Crippen LogP contribution in [0.2, 0.25) is 0 Å². The Bertz CT molecular complexity index is 1900. The number of ether oxygens (including phenoxy) is 2. The summed E-state index contributed by atoms with van der Waals surface area (Å²) < 4.78 is 79.4. The highest BCUT2D eigenvalue weighted by Gasteiger charge is 2.35. The van der Waals surface area contributed by atoms with Crippen LogP contribution in [0.1, 0.15) is 35.0 Å². The number of nitrogens with zero attached hydrogens (tertiary/aromatic N) is 5. The van der Waals surface area contributed by atoms with E-state index in [1.807, 2.05) is 11.6 Å². The molecule has 258 valence electrons. The summed E-state index contributed by atoms with van der Waals surface area (Å²) in [6, 6.07) is 21.0. The van der Waals surface area contributed by atoms with Crippen LogP contribution in [0.15, 0.2) is 100 Å². The fourth-order valence-electron chi connectivity index (χ4n) is 4.79. The number of hydrogen-bond donors (Lipinski definition) is 1. The van der Waals surface area contributed by atoms with E-state index in [-0.39, 0.29) is 28.8 Å². The van der Waals surface area contributed by atoms with Gasteiger partial charge in [-0.15, -0.1) is 0 Å². The van der Waals surface area contributed by atoms with Crippen molar-refractivity contribution in [2.45, 2.75) is 37.6 Å². The third-order valence-corrected chi connectivity index (χ3v) is 8.64. The second-order valence-corrected chi connectivity index (χ2v) is 12.8. The Hall–Kier alpha value is -5.45. The molecule has 2 unspecified atom stereocenters. The van der Waals surface area contributed by atoms with Crippen molar-refractivity contribution in [1.82, 2.24) is 19.5 Å². The third-order valence-electron chi connectivity index (χ3n) is 7.31. The van der Waals surface area contributed by atoms with E-state index in [0.717, 1.165) is 28.4 Å². The minimum absolute atomic E-state index is 0.110. The van der Waals surface area contributed by atoms with Crippen LogP contribution in [0.25, 0.3) is 16.9 Å². The van der Waals surface area contributed by atoms with Gasteiger partial charge in [-0.3, -0.25) is 5.01 Å². The Kier molecular flexibility index (Phi) is 10.5. The second kappa shape index (κ2) is 14.8. The maximum Gasteiger partial charge on any atom is 0.435 e. The molecule has 0 spiro atoms. The fourth-order valence-corrected chi connectivity index (χ4v) is 5.68. The van der Waals surface area contributed by atoms with Crippen molar-refractivity contribution < 1.29 is 45.5 Å². The van der Waals surface area contributed by atoms with E-state index in [2.05, 4.69) is 15.6 Å². The highest BCUT2D eigenvalue weighted by molar-refractivity contribution is 7.90. The maximum absolute atomic E-state index is 13.5. The highest BCUT2D eigenvalue weighted by Crippen LogP contribution is 2.33. The summed E-state index contributed by atoms with van der Waals surface area (Å²) in [7, 11) is -4.38. The molecule has 1 aliphatic rings. The first-order valence-electron chi connectivity index (χ1n) is 14.9. The minimum Gasteiger partial charge on any atom is -0.448 e. The highest BCUT2D eigenvalue weighted by atomic mass is 32.2. The van der Waals surface area contributed by atoms with E-state index < -0.39 is 40.2 Å². The van der Waals surface area contributed by atoms with E-state index >= 15 is 0 Å². The van der Waals surface area contributed by atoms with Crippen molar-refractivity contribution in [3.05, 3.63) is 102 Å². The van der Waals surface area contributed by atoms with Gasteiger partial charge in [-0.05, 0) is 61.0 Å². The van der Waals surface area contributed by atoms with Crippen molar-refractivity contribution in [1.29, 1.82) is 0 Å². The van der Waals surface area contributed by atoms with Crippen molar-refractivity contribution in [3.63, 3.8) is 0 Å². The number of nitrogens with one attached hydrogen (secondary N) is 1. The number of benzene rings is 3. The first kappa shape index (κ1) is 34.9. The minimum atomic E-state index is -4.70. The number of carbonyl (C=O) groups excluding carboxylic acids is 2. The quantitative estimate of drug-likeness (QED) is 0.0846. The molecule has 49 heavy (non-hydrogen) atoms. The normalized spacial score (nSPS) is 15.6. The van der Waals surface area contributed by atoms with Gasteiger partial charge in [0.25, 0.3) is 16.3 Å². The van der Waals surface area contributed by atoms with Gasteiger partial charge >= 0.3 is 18.2 Å². The molecule has 2 heterocycles. The van der Waals surface area contributed by atoms with Crippen LogP contribution in [-0.2, 0) is 30.5 Å². The first-order valence-corrected chi connectivity index (χ1v) is 16.4. The van der Waals surface area contributed by atoms with Crippen molar-refractivity contribution in [3.8, 4) is 16.9 Å². The molecule has 0 bridgehead atoms. The molecule has 5 rings (SSSR count). The molecule has 1 aliphatic heterocycles. The SMILES string of the molecule is Cc1ccc(-c2cc(C(F)(F)F)nn2-c2ccc(S(=O)(=O)NC(=O)OCC3CCN(N=NOC(C)OC(=O)c4ccccc4)C3)cc2)cc1.